The van der Waals surface area contributed by atoms with Gasteiger partial charge in [0.25, 0.3) is 0 Å². The van der Waals surface area contributed by atoms with Crippen molar-refractivity contribution in [2.24, 2.45) is 0 Å². The highest BCUT2D eigenvalue weighted by atomic mass is 19.1. The van der Waals surface area contributed by atoms with Crippen molar-refractivity contribution in [1.82, 2.24) is 9.47 Å². The summed E-state index contributed by atoms with van der Waals surface area (Å²) < 4.78 is 15.6. The Labute approximate surface area is 186 Å². The van der Waals surface area contributed by atoms with Gasteiger partial charge >= 0.3 is 5.97 Å². The molecule has 1 amide bonds. The summed E-state index contributed by atoms with van der Waals surface area (Å²) in [5.41, 5.74) is 3.37. The van der Waals surface area contributed by atoms with Crippen molar-refractivity contribution in [3.8, 4) is 0 Å². The number of halogens is 1. The van der Waals surface area contributed by atoms with Crippen molar-refractivity contribution in [3.05, 3.63) is 71.2 Å². The number of rotatable bonds is 6. The van der Waals surface area contributed by atoms with Gasteiger partial charge in [-0.05, 0) is 61.9 Å². The predicted molar refractivity (Wildman–Crippen MR) is 120 cm³/mol. The summed E-state index contributed by atoms with van der Waals surface area (Å²) in [4.78, 5) is 27.2. The van der Waals surface area contributed by atoms with Gasteiger partial charge in [-0.15, -0.1) is 0 Å². The topological polar surface area (TPSA) is 62.5 Å². The highest BCUT2D eigenvalue weighted by Crippen LogP contribution is 2.50. The van der Waals surface area contributed by atoms with Crippen LogP contribution in [0.15, 0.2) is 48.5 Å². The molecule has 32 heavy (non-hydrogen) atoms. The lowest BCUT2D eigenvalue weighted by molar-refractivity contribution is -0.137. The van der Waals surface area contributed by atoms with Crippen molar-refractivity contribution in [2.75, 3.05) is 6.54 Å². The Morgan fingerprint density at radius 1 is 1.16 bits per heavy atom. The number of carboxylic acid groups (broad SMARTS) is 1. The van der Waals surface area contributed by atoms with Crippen LogP contribution in [0.5, 0.6) is 0 Å². The molecule has 0 spiro atoms. The van der Waals surface area contributed by atoms with Crippen LogP contribution >= 0.6 is 0 Å². The van der Waals surface area contributed by atoms with E-state index in [1.807, 2.05) is 36.1 Å². The zero-order valence-electron chi connectivity index (χ0n) is 18.2. The van der Waals surface area contributed by atoms with Crippen LogP contribution in [-0.4, -0.2) is 39.0 Å². The number of carbonyl (C=O) groups excluding carboxylic acids is 1. The Bertz CT molecular complexity index is 1190. The molecule has 0 bridgehead atoms. The molecule has 2 heterocycles. The largest absolute Gasteiger partial charge is 0.481 e. The molecule has 1 saturated carbocycles. The summed E-state index contributed by atoms with van der Waals surface area (Å²) in [5.74, 6) is -0.991. The standard InChI is InChI=1S/C26H27FN2O3/c1-2-28(25(32)26(13-14-26)17-7-9-18(27)10-8-17)19-11-12-23-21(15-24(30)31)20-5-3-4-6-22(20)29(23)16-19/h3-10,19H,2,11-16H2,1H3,(H,30,31). The van der Waals surface area contributed by atoms with E-state index in [0.29, 0.717) is 13.1 Å². The summed E-state index contributed by atoms with van der Waals surface area (Å²) in [7, 11) is 0. The molecule has 2 aromatic carbocycles. The highest BCUT2D eigenvalue weighted by molar-refractivity contribution is 5.92. The fourth-order valence-corrected chi connectivity index (χ4v) is 5.49. The van der Waals surface area contributed by atoms with Crippen LogP contribution in [0.4, 0.5) is 4.39 Å². The molecule has 166 valence electrons. The first-order valence-corrected chi connectivity index (χ1v) is 11.3. The third-order valence-electron chi connectivity index (χ3n) is 7.23. The molecule has 0 radical (unpaired) electrons. The molecular formula is C26H27FN2O3. The minimum absolute atomic E-state index is 0.0115. The molecule has 1 unspecified atom stereocenters. The molecule has 1 fully saturated rings. The number of likely N-dealkylation sites (N-methyl/N-ethyl adjacent to an activating group) is 1. The number of benzene rings is 2. The number of nitrogens with zero attached hydrogens (tertiary/aromatic N) is 2. The van der Waals surface area contributed by atoms with E-state index in [9.17, 15) is 19.1 Å². The third-order valence-corrected chi connectivity index (χ3v) is 7.23. The molecule has 1 N–H and O–H groups in total. The first-order valence-electron chi connectivity index (χ1n) is 11.3. The summed E-state index contributed by atoms with van der Waals surface area (Å²) in [6, 6.07) is 14.3. The summed E-state index contributed by atoms with van der Waals surface area (Å²) in [6.07, 6.45) is 3.15. The number of amides is 1. The van der Waals surface area contributed by atoms with Crippen LogP contribution in [0.3, 0.4) is 0 Å². The van der Waals surface area contributed by atoms with E-state index in [1.165, 1.54) is 12.1 Å². The maximum absolute atomic E-state index is 13.7. The van der Waals surface area contributed by atoms with E-state index in [4.69, 9.17) is 0 Å². The second-order valence-corrected chi connectivity index (χ2v) is 9.00. The summed E-state index contributed by atoms with van der Waals surface area (Å²) in [5, 5.41) is 10.4. The summed E-state index contributed by atoms with van der Waals surface area (Å²) in [6.45, 7) is 3.29. The number of hydrogen-bond donors (Lipinski definition) is 1. The fourth-order valence-electron chi connectivity index (χ4n) is 5.49. The third kappa shape index (κ3) is 3.29. The maximum atomic E-state index is 13.7. The average molecular weight is 435 g/mol. The van der Waals surface area contributed by atoms with Gasteiger partial charge in [-0.3, -0.25) is 9.59 Å². The smallest absolute Gasteiger partial charge is 0.307 e. The zero-order chi connectivity index (χ0) is 22.5. The predicted octanol–water partition coefficient (Wildman–Crippen LogP) is 4.30. The van der Waals surface area contributed by atoms with Crippen LogP contribution in [0.25, 0.3) is 10.9 Å². The molecule has 0 saturated heterocycles. The molecule has 3 aromatic rings. The normalized spacial score (nSPS) is 18.9. The minimum Gasteiger partial charge on any atom is -0.481 e. The second-order valence-electron chi connectivity index (χ2n) is 9.00. The van der Waals surface area contributed by atoms with Crippen molar-refractivity contribution >= 4 is 22.8 Å². The van der Waals surface area contributed by atoms with Crippen LogP contribution in [0.2, 0.25) is 0 Å². The maximum Gasteiger partial charge on any atom is 0.307 e. The van der Waals surface area contributed by atoms with E-state index in [2.05, 4.69) is 4.57 Å². The molecule has 1 atom stereocenters. The molecule has 1 aliphatic heterocycles. The quantitative estimate of drug-likeness (QED) is 0.629. The van der Waals surface area contributed by atoms with Gasteiger partial charge in [0.05, 0.1) is 11.8 Å². The van der Waals surface area contributed by atoms with Crippen molar-refractivity contribution in [3.63, 3.8) is 0 Å². The molecule has 1 aromatic heterocycles. The molecule has 2 aliphatic rings. The van der Waals surface area contributed by atoms with E-state index in [1.54, 1.807) is 12.1 Å². The molecule has 6 heteroatoms. The van der Waals surface area contributed by atoms with Crippen molar-refractivity contribution in [1.29, 1.82) is 0 Å². The second kappa shape index (κ2) is 7.76. The average Bonchev–Trinajstić information content (AvgIpc) is 3.55. The Hall–Kier alpha value is -3.15. The number of aromatic nitrogens is 1. The van der Waals surface area contributed by atoms with E-state index < -0.39 is 11.4 Å². The van der Waals surface area contributed by atoms with Gasteiger partial charge in [0.2, 0.25) is 5.91 Å². The van der Waals surface area contributed by atoms with Crippen molar-refractivity contribution < 1.29 is 19.1 Å². The number of fused-ring (bicyclic) bond motifs is 3. The van der Waals surface area contributed by atoms with Crippen LogP contribution in [0.1, 0.15) is 43.0 Å². The van der Waals surface area contributed by atoms with Gasteiger partial charge in [-0.1, -0.05) is 30.3 Å². The molecule has 5 rings (SSSR count). The van der Waals surface area contributed by atoms with Crippen LogP contribution < -0.4 is 0 Å². The Morgan fingerprint density at radius 3 is 2.53 bits per heavy atom. The van der Waals surface area contributed by atoms with Gasteiger partial charge in [0.1, 0.15) is 5.82 Å². The Morgan fingerprint density at radius 2 is 1.88 bits per heavy atom. The molecule has 5 nitrogen and oxygen atoms in total. The number of para-hydroxylation sites is 1. The monoisotopic (exact) mass is 434 g/mol. The highest BCUT2D eigenvalue weighted by Gasteiger charge is 2.53. The Kier molecular flexibility index (Phi) is 5.03. The van der Waals surface area contributed by atoms with Crippen LogP contribution in [0, 0.1) is 5.82 Å². The first-order chi connectivity index (χ1) is 15.4. The number of carboxylic acids is 1. The van der Waals surface area contributed by atoms with Gasteiger partial charge < -0.3 is 14.6 Å². The van der Waals surface area contributed by atoms with E-state index >= 15 is 0 Å². The van der Waals surface area contributed by atoms with Gasteiger partial charge in [0.15, 0.2) is 0 Å². The zero-order valence-corrected chi connectivity index (χ0v) is 18.2. The van der Waals surface area contributed by atoms with E-state index in [-0.39, 0.29) is 24.2 Å². The molecular weight excluding hydrogens is 407 g/mol. The van der Waals surface area contributed by atoms with Gasteiger partial charge in [0, 0.05) is 35.7 Å². The summed E-state index contributed by atoms with van der Waals surface area (Å²) >= 11 is 0. The van der Waals surface area contributed by atoms with Crippen LogP contribution in [-0.2, 0) is 34.4 Å². The number of aliphatic carboxylic acids is 1. The van der Waals surface area contributed by atoms with E-state index in [0.717, 1.165) is 53.4 Å². The minimum atomic E-state index is -0.827. The lowest BCUT2D eigenvalue weighted by atomic mass is 9.92. The SMILES string of the molecule is CCN(C(=O)C1(c2ccc(F)cc2)CC1)C1CCc2c(CC(=O)O)c3ccccc3n2C1. The van der Waals surface area contributed by atoms with Gasteiger partial charge in [-0.25, -0.2) is 4.39 Å². The van der Waals surface area contributed by atoms with Gasteiger partial charge in [-0.2, -0.15) is 0 Å². The van der Waals surface area contributed by atoms with Crippen molar-refractivity contribution in [2.45, 2.75) is 57.0 Å². The first kappa shape index (κ1) is 20.7. The lowest BCUT2D eigenvalue weighted by Gasteiger charge is -2.37. The Balaban J connectivity index is 1.46. The molecule has 1 aliphatic carbocycles. The number of carbonyl (C=O) groups is 2. The lowest BCUT2D eigenvalue weighted by Crippen LogP contribution is -2.49. The number of hydrogen-bond acceptors (Lipinski definition) is 2. The fraction of sp³-hybridized carbons (Fsp3) is 0.385.